The van der Waals surface area contributed by atoms with E-state index in [-0.39, 0.29) is 5.91 Å². The quantitative estimate of drug-likeness (QED) is 0.741. The summed E-state index contributed by atoms with van der Waals surface area (Å²) in [5, 5.41) is 7.26. The average molecular weight is 259 g/mol. The van der Waals surface area contributed by atoms with Gasteiger partial charge in [0.25, 0.3) is 0 Å². The van der Waals surface area contributed by atoms with Crippen LogP contribution in [-0.2, 0) is 11.2 Å². The van der Waals surface area contributed by atoms with E-state index < -0.39 is 0 Å². The Kier molecular flexibility index (Phi) is 4.58. The lowest BCUT2D eigenvalue weighted by Gasteiger charge is -2.08. The normalized spacial score (nSPS) is 11.1. The number of amides is 1. The van der Waals surface area contributed by atoms with E-state index in [0.717, 1.165) is 11.9 Å². The summed E-state index contributed by atoms with van der Waals surface area (Å²) in [7, 11) is 0. The Morgan fingerprint density at radius 1 is 1.32 bits per heavy atom. The molecule has 0 radical (unpaired) electrons. The largest absolute Gasteiger partial charge is 0.361 e. The van der Waals surface area contributed by atoms with Gasteiger partial charge in [0.15, 0.2) is 0 Å². The summed E-state index contributed by atoms with van der Waals surface area (Å²) in [6, 6.07) is 8.54. The van der Waals surface area contributed by atoms with Crippen LogP contribution in [0.25, 0.3) is 10.9 Å². The van der Waals surface area contributed by atoms with Crippen molar-refractivity contribution in [2.24, 2.45) is 0 Å². The van der Waals surface area contributed by atoms with Gasteiger partial charge in [-0.2, -0.15) is 0 Å². The Labute approximate surface area is 113 Å². The van der Waals surface area contributed by atoms with E-state index in [1.54, 1.807) is 0 Å². The third-order valence-corrected chi connectivity index (χ3v) is 3.06. The molecule has 1 aromatic carbocycles. The van der Waals surface area contributed by atoms with Crippen LogP contribution >= 0.6 is 0 Å². The molecule has 19 heavy (non-hydrogen) atoms. The molecule has 0 fully saturated rings. The lowest BCUT2D eigenvalue weighted by atomic mass is 10.1. The van der Waals surface area contributed by atoms with E-state index in [1.165, 1.54) is 10.9 Å². The van der Waals surface area contributed by atoms with Crippen LogP contribution in [0.5, 0.6) is 0 Å². The number of fused-ring (bicyclic) bond motifs is 1. The number of aromatic amines is 1. The van der Waals surface area contributed by atoms with Gasteiger partial charge in [0.05, 0.1) is 6.54 Å². The molecule has 3 N–H and O–H groups in total. The zero-order valence-corrected chi connectivity index (χ0v) is 11.5. The van der Waals surface area contributed by atoms with Gasteiger partial charge in [-0.15, -0.1) is 0 Å². The van der Waals surface area contributed by atoms with E-state index in [0.29, 0.717) is 19.1 Å². The molecule has 0 saturated heterocycles. The predicted molar refractivity (Wildman–Crippen MR) is 78.2 cm³/mol. The molecule has 2 rings (SSSR count). The molecule has 1 heterocycles. The Balaban J connectivity index is 1.81. The summed E-state index contributed by atoms with van der Waals surface area (Å²) in [5.41, 5.74) is 2.39. The number of hydrogen-bond acceptors (Lipinski definition) is 2. The van der Waals surface area contributed by atoms with E-state index in [4.69, 9.17) is 0 Å². The second-order valence-corrected chi connectivity index (χ2v) is 5.00. The van der Waals surface area contributed by atoms with Gasteiger partial charge in [0.1, 0.15) is 0 Å². The molecule has 0 spiro atoms. The van der Waals surface area contributed by atoms with Crippen molar-refractivity contribution >= 4 is 16.8 Å². The van der Waals surface area contributed by atoms with Crippen molar-refractivity contribution in [3.63, 3.8) is 0 Å². The highest BCUT2D eigenvalue weighted by Gasteiger charge is 2.04. The van der Waals surface area contributed by atoms with Gasteiger partial charge in [-0.3, -0.25) is 4.79 Å². The number of para-hydroxylation sites is 1. The van der Waals surface area contributed by atoms with Crippen LogP contribution in [0.1, 0.15) is 19.4 Å². The number of hydrogen-bond donors (Lipinski definition) is 3. The maximum atomic E-state index is 11.6. The molecule has 4 nitrogen and oxygen atoms in total. The molecule has 0 saturated carbocycles. The molecule has 0 unspecified atom stereocenters. The molecule has 1 aromatic heterocycles. The molecule has 2 aromatic rings. The third-order valence-electron chi connectivity index (χ3n) is 3.06. The van der Waals surface area contributed by atoms with E-state index in [2.05, 4.69) is 27.8 Å². The summed E-state index contributed by atoms with van der Waals surface area (Å²) < 4.78 is 0. The maximum Gasteiger partial charge on any atom is 0.233 e. The minimum atomic E-state index is 0.0496. The van der Waals surface area contributed by atoms with Crippen LogP contribution in [0.2, 0.25) is 0 Å². The van der Waals surface area contributed by atoms with E-state index >= 15 is 0 Å². The number of aromatic nitrogens is 1. The fourth-order valence-corrected chi connectivity index (χ4v) is 2.03. The summed E-state index contributed by atoms with van der Waals surface area (Å²) in [6.45, 7) is 5.10. The fourth-order valence-electron chi connectivity index (χ4n) is 2.03. The predicted octanol–water partition coefficient (Wildman–Crippen LogP) is 1.82. The number of nitrogens with one attached hydrogen (secondary N) is 3. The first-order chi connectivity index (χ1) is 9.16. The van der Waals surface area contributed by atoms with Gasteiger partial charge < -0.3 is 15.6 Å². The van der Waals surface area contributed by atoms with Crippen molar-refractivity contribution in [3.05, 3.63) is 36.0 Å². The van der Waals surface area contributed by atoms with Crippen LogP contribution < -0.4 is 10.6 Å². The van der Waals surface area contributed by atoms with Crippen molar-refractivity contribution in [1.82, 2.24) is 15.6 Å². The van der Waals surface area contributed by atoms with Crippen LogP contribution in [0.15, 0.2) is 30.5 Å². The third kappa shape index (κ3) is 3.83. The second-order valence-electron chi connectivity index (χ2n) is 5.00. The van der Waals surface area contributed by atoms with Crippen molar-refractivity contribution in [1.29, 1.82) is 0 Å². The summed E-state index contributed by atoms with van der Waals surface area (Å²) in [5.74, 6) is 0.0496. The number of H-pyrrole nitrogens is 1. The van der Waals surface area contributed by atoms with Crippen LogP contribution in [0.3, 0.4) is 0 Å². The lowest BCUT2D eigenvalue weighted by molar-refractivity contribution is -0.120. The van der Waals surface area contributed by atoms with Crippen molar-refractivity contribution < 1.29 is 4.79 Å². The Morgan fingerprint density at radius 3 is 2.89 bits per heavy atom. The van der Waals surface area contributed by atoms with E-state index in [9.17, 15) is 4.79 Å². The number of carbonyl (C=O) groups is 1. The Hall–Kier alpha value is -1.81. The molecule has 0 atom stereocenters. The van der Waals surface area contributed by atoms with Crippen molar-refractivity contribution in [2.75, 3.05) is 13.1 Å². The SMILES string of the molecule is CC(C)NCC(=O)NCCc1c[nH]c2ccccc12. The van der Waals surface area contributed by atoms with Crippen LogP contribution in [0.4, 0.5) is 0 Å². The molecule has 0 bridgehead atoms. The first-order valence-corrected chi connectivity index (χ1v) is 6.72. The maximum absolute atomic E-state index is 11.6. The Morgan fingerprint density at radius 2 is 2.11 bits per heavy atom. The number of benzene rings is 1. The first kappa shape index (κ1) is 13.6. The smallest absolute Gasteiger partial charge is 0.233 e. The summed E-state index contributed by atoms with van der Waals surface area (Å²) in [4.78, 5) is 14.8. The minimum absolute atomic E-state index is 0.0496. The second kappa shape index (κ2) is 6.38. The summed E-state index contributed by atoms with van der Waals surface area (Å²) in [6.07, 6.45) is 2.86. The molecule has 0 aliphatic rings. The number of carbonyl (C=O) groups excluding carboxylic acids is 1. The molecular formula is C15H21N3O. The zero-order valence-electron chi connectivity index (χ0n) is 11.5. The molecule has 0 aliphatic heterocycles. The molecule has 4 heteroatoms. The fraction of sp³-hybridized carbons (Fsp3) is 0.400. The molecule has 0 aliphatic carbocycles. The highest BCUT2D eigenvalue weighted by atomic mass is 16.1. The van der Waals surface area contributed by atoms with E-state index in [1.807, 2.05) is 32.2 Å². The topological polar surface area (TPSA) is 56.9 Å². The van der Waals surface area contributed by atoms with Crippen molar-refractivity contribution in [3.8, 4) is 0 Å². The van der Waals surface area contributed by atoms with Crippen molar-refractivity contribution in [2.45, 2.75) is 26.3 Å². The number of rotatable bonds is 6. The molecule has 102 valence electrons. The highest BCUT2D eigenvalue weighted by molar-refractivity contribution is 5.83. The van der Waals surface area contributed by atoms with Crippen LogP contribution in [-0.4, -0.2) is 30.0 Å². The first-order valence-electron chi connectivity index (χ1n) is 6.72. The highest BCUT2D eigenvalue weighted by Crippen LogP contribution is 2.17. The standard InChI is InChI=1S/C15H21N3O/c1-11(2)17-10-15(19)16-8-7-12-9-18-14-6-4-3-5-13(12)14/h3-6,9,11,17-18H,7-8,10H2,1-2H3,(H,16,19). The lowest BCUT2D eigenvalue weighted by Crippen LogP contribution is -2.37. The van der Waals surface area contributed by atoms with Gasteiger partial charge >= 0.3 is 0 Å². The van der Waals surface area contributed by atoms with Gasteiger partial charge in [0, 0.05) is 29.7 Å². The molecule has 1 amide bonds. The summed E-state index contributed by atoms with van der Waals surface area (Å²) >= 11 is 0. The van der Waals surface area contributed by atoms with Gasteiger partial charge in [-0.25, -0.2) is 0 Å². The zero-order chi connectivity index (χ0) is 13.7. The van der Waals surface area contributed by atoms with Gasteiger partial charge in [-0.05, 0) is 18.1 Å². The minimum Gasteiger partial charge on any atom is -0.361 e. The van der Waals surface area contributed by atoms with Gasteiger partial charge in [-0.1, -0.05) is 32.0 Å². The monoisotopic (exact) mass is 259 g/mol. The molecular weight excluding hydrogens is 238 g/mol. The Bertz CT molecular complexity index is 545. The average Bonchev–Trinajstić information content (AvgIpc) is 2.80. The van der Waals surface area contributed by atoms with Gasteiger partial charge in [0.2, 0.25) is 5.91 Å². The van der Waals surface area contributed by atoms with Crippen LogP contribution in [0, 0.1) is 0 Å².